The second kappa shape index (κ2) is 9.70. The van der Waals surface area contributed by atoms with Crippen LogP contribution < -0.4 is 10.6 Å². The van der Waals surface area contributed by atoms with E-state index in [4.69, 9.17) is 9.47 Å². The van der Waals surface area contributed by atoms with Crippen LogP contribution in [0.2, 0.25) is 0 Å². The Morgan fingerprint density at radius 3 is 2.38 bits per heavy atom. The molecule has 24 heavy (non-hydrogen) atoms. The van der Waals surface area contributed by atoms with Crippen molar-refractivity contribution in [3.63, 3.8) is 0 Å². The Labute approximate surface area is 143 Å². The van der Waals surface area contributed by atoms with Crippen LogP contribution in [0.4, 0.5) is 5.69 Å². The van der Waals surface area contributed by atoms with Gasteiger partial charge in [-0.3, -0.25) is 4.79 Å². The number of rotatable bonds is 9. The van der Waals surface area contributed by atoms with Crippen LogP contribution >= 0.6 is 0 Å². The molecule has 5 nitrogen and oxygen atoms in total. The highest BCUT2D eigenvalue weighted by atomic mass is 16.5. The van der Waals surface area contributed by atoms with Gasteiger partial charge in [-0.1, -0.05) is 42.5 Å². The van der Waals surface area contributed by atoms with Crippen LogP contribution in [0.5, 0.6) is 0 Å². The molecule has 0 bridgehead atoms. The van der Waals surface area contributed by atoms with Crippen LogP contribution in [0.3, 0.4) is 0 Å². The molecule has 2 aromatic rings. The molecule has 0 aromatic heterocycles. The van der Waals surface area contributed by atoms with E-state index in [-0.39, 0.29) is 5.91 Å². The lowest BCUT2D eigenvalue weighted by molar-refractivity contribution is -0.131. The van der Waals surface area contributed by atoms with Crippen LogP contribution in [-0.2, 0) is 20.8 Å². The van der Waals surface area contributed by atoms with E-state index in [1.165, 1.54) is 7.11 Å². The smallest absolute Gasteiger partial charge is 0.254 e. The molecule has 0 aliphatic rings. The van der Waals surface area contributed by atoms with Crippen molar-refractivity contribution in [1.82, 2.24) is 5.32 Å². The predicted molar refractivity (Wildman–Crippen MR) is 94.8 cm³/mol. The van der Waals surface area contributed by atoms with Crippen molar-refractivity contribution in [3.05, 3.63) is 65.7 Å². The molecule has 0 radical (unpaired) electrons. The van der Waals surface area contributed by atoms with E-state index in [1.807, 2.05) is 54.6 Å². The van der Waals surface area contributed by atoms with E-state index in [0.717, 1.165) is 23.4 Å². The lowest BCUT2D eigenvalue weighted by Gasteiger charge is -2.15. The Morgan fingerprint density at radius 1 is 1.04 bits per heavy atom. The number of carbonyl (C=O) groups is 1. The van der Waals surface area contributed by atoms with Crippen LogP contribution in [0.1, 0.15) is 17.2 Å². The molecule has 0 aliphatic heterocycles. The third-order valence-corrected chi connectivity index (χ3v) is 3.63. The molecule has 2 aromatic carbocycles. The van der Waals surface area contributed by atoms with Gasteiger partial charge in [0.05, 0.1) is 6.61 Å². The van der Waals surface area contributed by atoms with Gasteiger partial charge in [0.1, 0.15) is 0 Å². The number of nitrogens with one attached hydrogen (secondary N) is 2. The molecule has 0 fully saturated rings. The van der Waals surface area contributed by atoms with Crippen LogP contribution in [0, 0.1) is 0 Å². The lowest BCUT2D eigenvalue weighted by Crippen LogP contribution is -2.29. The topological polar surface area (TPSA) is 59.6 Å². The van der Waals surface area contributed by atoms with Crippen molar-refractivity contribution in [2.45, 2.75) is 12.6 Å². The van der Waals surface area contributed by atoms with Crippen molar-refractivity contribution < 1.29 is 14.3 Å². The fourth-order valence-electron chi connectivity index (χ4n) is 2.34. The molecule has 0 spiro atoms. The summed E-state index contributed by atoms with van der Waals surface area (Å²) in [5, 5.41) is 6.17. The highest BCUT2D eigenvalue weighted by Crippen LogP contribution is 2.16. The monoisotopic (exact) mass is 328 g/mol. The van der Waals surface area contributed by atoms with Gasteiger partial charge in [0.2, 0.25) is 0 Å². The van der Waals surface area contributed by atoms with E-state index < -0.39 is 6.10 Å². The van der Waals surface area contributed by atoms with E-state index in [2.05, 4.69) is 10.6 Å². The Kier molecular flexibility index (Phi) is 7.26. The first-order chi connectivity index (χ1) is 11.7. The molecule has 128 valence electrons. The highest BCUT2D eigenvalue weighted by Gasteiger charge is 2.19. The van der Waals surface area contributed by atoms with Gasteiger partial charge in [-0.2, -0.15) is 0 Å². The standard InChI is InChI=1S/C19H24N2O3/c1-23-13-12-20-17-10-8-15(9-11-17)14-21-19(22)18(24-2)16-6-4-3-5-7-16/h3-11,18,20H,12-14H2,1-2H3,(H,21,22). The van der Waals surface area contributed by atoms with Gasteiger partial charge in [0.15, 0.2) is 6.10 Å². The second-order valence-electron chi connectivity index (χ2n) is 5.36. The van der Waals surface area contributed by atoms with E-state index in [0.29, 0.717) is 13.2 Å². The zero-order valence-electron chi connectivity index (χ0n) is 14.1. The summed E-state index contributed by atoms with van der Waals surface area (Å²) in [6.07, 6.45) is -0.596. The summed E-state index contributed by atoms with van der Waals surface area (Å²) < 4.78 is 10.3. The zero-order chi connectivity index (χ0) is 17.2. The second-order valence-corrected chi connectivity index (χ2v) is 5.36. The summed E-state index contributed by atoms with van der Waals surface area (Å²) in [4.78, 5) is 12.3. The zero-order valence-corrected chi connectivity index (χ0v) is 14.1. The SMILES string of the molecule is COCCNc1ccc(CNC(=O)C(OC)c2ccccc2)cc1. The molecular weight excluding hydrogens is 304 g/mol. The summed E-state index contributed by atoms with van der Waals surface area (Å²) in [5.41, 5.74) is 2.90. The highest BCUT2D eigenvalue weighted by molar-refractivity contribution is 5.82. The van der Waals surface area contributed by atoms with Crippen molar-refractivity contribution in [3.8, 4) is 0 Å². The number of anilines is 1. The average Bonchev–Trinajstić information content (AvgIpc) is 2.63. The summed E-state index contributed by atoms with van der Waals surface area (Å²) >= 11 is 0. The Bertz CT molecular complexity index is 614. The third-order valence-electron chi connectivity index (χ3n) is 3.63. The number of benzene rings is 2. The molecule has 0 heterocycles. The third kappa shape index (κ3) is 5.37. The van der Waals surface area contributed by atoms with Gasteiger partial charge in [-0.25, -0.2) is 0 Å². The maximum absolute atomic E-state index is 12.3. The quantitative estimate of drug-likeness (QED) is 0.695. The van der Waals surface area contributed by atoms with Crippen molar-refractivity contribution in [1.29, 1.82) is 0 Å². The van der Waals surface area contributed by atoms with Gasteiger partial charge >= 0.3 is 0 Å². The molecule has 0 saturated heterocycles. The number of hydrogen-bond donors (Lipinski definition) is 2. The molecule has 0 saturated carbocycles. The molecular formula is C19H24N2O3. The molecule has 1 unspecified atom stereocenters. The van der Waals surface area contributed by atoms with Crippen molar-refractivity contribution >= 4 is 11.6 Å². The minimum Gasteiger partial charge on any atom is -0.383 e. The number of hydrogen-bond acceptors (Lipinski definition) is 4. The fraction of sp³-hybridized carbons (Fsp3) is 0.316. The maximum atomic E-state index is 12.3. The van der Waals surface area contributed by atoms with Gasteiger partial charge in [-0.15, -0.1) is 0 Å². The molecule has 2 N–H and O–H groups in total. The molecule has 1 amide bonds. The van der Waals surface area contributed by atoms with Crippen LogP contribution in [0.25, 0.3) is 0 Å². The first-order valence-electron chi connectivity index (χ1n) is 7.92. The van der Waals surface area contributed by atoms with Crippen molar-refractivity contribution in [2.75, 3.05) is 32.7 Å². The maximum Gasteiger partial charge on any atom is 0.254 e. The minimum atomic E-state index is -0.596. The van der Waals surface area contributed by atoms with Crippen LogP contribution in [-0.4, -0.2) is 33.3 Å². The largest absolute Gasteiger partial charge is 0.383 e. The molecule has 2 rings (SSSR count). The first kappa shape index (κ1) is 18.0. The van der Waals surface area contributed by atoms with Crippen molar-refractivity contribution in [2.24, 2.45) is 0 Å². The molecule has 0 aliphatic carbocycles. The van der Waals surface area contributed by atoms with E-state index in [9.17, 15) is 4.79 Å². The first-order valence-corrected chi connectivity index (χ1v) is 7.92. The number of carbonyl (C=O) groups excluding carboxylic acids is 1. The minimum absolute atomic E-state index is 0.147. The normalized spacial score (nSPS) is 11.8. The Hall–Kier alpha value is -2.37. The van der Waals surface area contributed by atoms with Gasteiger partial charge in [0, 0.05) is 33.0 Å². The number of amides is 1. The van der Waals surface area contributed by atoms with Gasteiger partial charge < -0.3 is 20.1 Å². The summed E-state index contributed by atoms with van der Waals surface area (Å²) in [7, 11) is 3.22. The average molecular weight is 328 g/mol. The van der Waals surface area contributed by atoms with E-state index in [1.54, 1.807) is 7.11 Å². The summed E-state index contributed by atoms with van der Waals surface area (Å²) in [5.74, 6) is -0.147. The predicted octanol–water partition coefficient (Wildman–Crippen LogP) is 2.75. The summed E-state index contributed by atoms with van der Waals surface area (Å²) in [6.45, 7) is 1.89. The Morgan fingerprint density at radius 2 is 1.75 bits per heavy atom. The molecule has 5 heteroatoms. The van der Waals surface area contributed by atoms with Gasteiger partial charge in [0.25, 0.3) is 5.91 Å². The Balaban J connectivity index is 1.86. The lowest BCUT2D eigenvalue weighted by atomic mass is 10.1. The fourth-order valence-corrected chi connectivity index (χ4v) is 2.34. The van der Waals surface area contributed by atoms with Crippen LogP contribution in [0.15, 0.2) is 54.6 Å². The number of ether oxygens (including phenoxy) is 2. The number of methoxy groups -OCH3 is 2. The van der Waals surface area contributed by atoms with E-state index >= 15 is 0 Å². The molecule has 1 atom stereocenters. The van der Waals surface area contributed by atoms with Gasteiger partial charge in [-0.05, 0) is 23.3 Å². The summed E-state index contributed by atoms with van der Waals surface area (Å²) in [6, 6.07) is 17.4.